The maximum absolute atomic E-state index is 3.60. The highest BCUT2D eigenvalue weighted by molar-refractivity contribution is 5.32. The molecule has 1 N–H and O–H groups in total. The molecule has 1 saturated heterocycles. The molecule has 0 saturated carbocycles. The zero-order valence-electron chi connectivity index (χ0n) is 13.0. The first-order valence-corrected chi connectivity index (χ1v) is 8.30. The fraction of sp³-hybridized carbons (Fsp3) is 0.667. The molecule has 0 aliphatic carbocycles. The minimum atomic E-state index is 0.590. The number of rotatable bonds is 3. The SMILES string of the molecule is CCC1(CC)CCN(C2CNCc3ccccc32)CC1. The van der Waals surface area contributed by atoms with Gasteiger partial charge in [-0.1, -0.05) is 51.0 Å². The summed E-state index contributed by atoms with van der Waals surface area (Å²) >= 11 is 0. The first kappa shape index (κ1) is 14.1. The van der Waals surface area contributed by atoms with Gasteiger partial charge in [0.2, 0.25) is 0 Å². The molecule has 0 radical (unpaired) electrons. The minimum absolute atomic E-state index is 0.590. The maximum Gasteiger partial charge on any atom is 0.0476 e. The summed E-state index contributed by atoms with van der Waals surface area (Å²) in [4.78, 5) is 2.72. The van der Waals surface area contributed by atoms with Crippen LogP contribution in [-0.2, 0) is 6.54 Å². The number of fused-ring (bicyclic) bond motifs is 1. The van der Waals surface area contributed by atoms with Crippen LogP contribution in [0.2, 0.25) is 0 Å². The minimum Gasteiger partial charge on any atom is -0.311 e. The second kappa shape index (κ2) is 5.87. The first-order valence-electron chi connectivity index (χ1n) is 8.30. The molecule has 1 unspecified atom stereocenters. The van der Waals surface area contributed by atoms with Gasteiger partial charge in [-0.3, -0.25) is 4.90 Å². The molecule has 0 aromatic heterocycles. The van der Waals surface area contributed by atoms with Gasteiger partial charge in [0.05, 0.1) is 0 Å². The van der Waals surface area contributed by atoms with Crippen LogP contribution in [0.25, 0.3) is 0 Å². The van der Waals surface area contributed by atoms with Crippen molar-refractivity contribution in [3.05, 3.63) is 35.4 Å². The van der Waals surface area contributed by atoms with E-state index in [0.717, 1.165) is 13.1 Å². The molecule has 1 aromatic carbocycles. The maximum atomic E-state index is 3.60. The first-order chi connectivity index (χ1) is 9.78. The van der Waals surface area contributed by atoms with Crippen LogP contribution in [0.15, 0.2) is 24.3 Å². The van der Waals surface area contributed by atoms with E-state index in [1.807, 2.05) is 0 Å². The Morgan fingerprint density at radius 3 is 2.55 bits per heavy atom. The van der Waals surface area contributed by atoms with Crippen LogP contribution in [0.4, 0.5) is 0 Å². The molecule has 20 heavy (non-hydrogen) atoms. The van der Waals surface area contributed by atoms with E-state index in [0.29, 0.717) is 11.5 Å². The Balaban J connectivity index is 1.73. The lowest BCUT2D eigenvalue weighted by molar-refractivity contribution is 0.0628. The Bertz CT molecular complexity index is 440. The van der Waals surface area contributed by atoms with Crippen LogP contribution in [0.5, 0.6) is 0 Å². The third-order valence-electron chi connectivity index (χ3n) is 5.87. The zero-order valence-corrected chi connectivity index (χ0v) is 13.0. The normalized spacial score (nSPS) is 26.2. The van der Waals surface area contributed by atoms with E-state index in [1.165, 1.54) is 44.3 Å². The second-order valence-electron chi connectivity index (χ2n) is 6.59. The molecular formula is C18H28N2. The molecule has 2 aliphatic heterocycles. The van der Waals surface area contributed by atoms with Crippen molar-refractivity contribution < 1.29 is 0 Å². The fourth-order valence-electron chi connectivity index (χ4n) is 4.07. The number of hydrogen-bond donors (Lipinski definition) is 1. The largest absolute Gasteiger partial charge is 0.311 e. The third kappa shape index (κ3) is 2.51. The van der Waals surface area contributed by atoms with E-state index in [2.05, 4.69) is 48.3 Å². The summed E-state index contributed by atoms with van der Waals surface area (Å²) in [7, 11) is 0. The van der Waals surface area contributed by atoms with E-state index in [1.54, 1.807) is 5.56 Å². The van der Waals surface area contributed by atoms with Crippen LogP contribution in [0, 0.1) is 5.41 Å². The molecule has 3 rings (SSSR count). The third-order valence-corrected chi connectivity index (χ3v) is 5.87. The van der Waals surface area contributed by atoms with E-state index >= 15 is 0 Å². The molecule has 1 fully saturated rings. The highest BCUT2D eigenvalue weighted by atomic mass is 15.2. The van der Waals surface area contributed by atoms with Crippen LogP contribution < -0.4 is 5.32 Å². The number of likely N-dealkylation sites (tertiary alicyclic amines) is 1. The van der Waals surface area contributed by atoms with Crippen molar-refractivity contribution in [3.63, 3.8) is 0 Å². The fourth-order valence-corrected chi connectivity index (χ4v) is 4.07. The average molecular weight is 272 g/mol. The van der Waals surface area contributed by atoms with Crippen molar-refractivity contribution in [2.75, 3.05) is 19.6 Å². The average Bonchev–Trinajstić information content (AvgIpc) is 2.54. The van der Waals surface area contributed by atoms with Gasteiger partial charge in [0.15, 0.2) is 0 Å². The lowest BCUT2D eigenvalue weighted by Gasteiger charge is -2.45. The number of nitrogens with one attached hydrogen (secondary N) is 1. The van der Waals surface area contributed by atoms with Crippen molar-refractivity contribution >= 4 is 0 Å². The van der Waals surface area contributed by atoms with Gasteiger partial charge in [-0.2, -0.15) is 0 Å². The van der Waals surface area contributed by atoms with E-state index in [-0.39, 0.29) is 0 Å². The Kier molecular flexibility index (Phi) is 4.13. The number of hydrogen-bond acceptors (Lipinski definition) is 2. The number of nitrogens with zero attached hydrogens (tertiary/aromatic N) is 1. The number of piperidine rings is 1. The van der Waals surface area contributed by atoms with Crippen molar-refractivity contribution in [1.82, 2.24) is 10.2 Å². The predicted molar refractivity (Wildman–Crippen MR) is 84.7 cm³/mol. The summed E-state index contributed by atoms with van der Waals surface area (Å²) in [5.41, 5.74) is 3.68. The lowest BCUT2D eigenvalue weighted by Crippen LogP contribution is -2.46. The van der Waals surface area contributed by atoms with Gasteiger partial charge in [0.25, 0.3) is 0 Å². The van der Waals surface area contributed by atoms with Gasteiger partial charge in [-0.15, -0.1) is 0 Å². The van der Waals surface area contributed by atoms with Crippen LogP contribution in [0.3, 0.4) is 0 Å². The molecule has 2 heterocycles. The van der Waals surface area contributed by atoms with Crippen LogP contribution in [0.1, 0.15) is 56.7 Å². The topological polar surface area (TPSA) is 15.3 Å². The van der Waals surface area contributed by atoms with Crippen LogP contribution in [-0.4, -0.2) is 24.5 Å². The summed E-state index contributed by atoms with van der Waals surface area (Å²) in [6, 6.07) is 9.57. The Morgan fingerprint density at radius 2 is 1.85 bits per heavy atom. The number of benzene rings is 1. The van der Waals surface area contributed by atoms with Gasteiger partial charge in [-0.05, 0) is 42.5 Å². The van der Waals surface area contributed by atoms with Gasteiger partial charge in [0.1, 0.15) is 0 Å². The predicted octanol–water partition coefficient (Wildman–Crippen LogP) is 3.73. The molecule has 1 aromatic rings. The van der Waals surface area contributed by atoms with Gasteiger partial charge >= 0.3 is 0 Å². The molecule has 2 heteroatoms. The van der Waals surface area contributed by atoms with E-state index < -0.39 is 0 Å². The van der Waals surface area contributed by atoms with Gasteiger partial charge < -0.3 is 5.32 Å². The zero-order chi connectivity index (χ0) is 14.0. The molecule has 2 aliphatic rings. The summed E-state index contributed by atoms with van der Waals surface area (Å²) in [6.07, 6.45) is 5.44. The summed E-state index contributed by atoms with van der Waals surface area (Å²) in [6.45, 7) is 9.43. The summed E-state index contributed by atoms with van der Waals surface area (Å²) < 4.78 is 0. The van der Waals surface area contributed by atoms with E-state index in [4.69, 9.17) is 0 Å². The highest BCUT2D eigenvalue weighted by Gasteiger charge is 2.35. The summed E-state index contributed by atoms with van der Waals surface area (Å²) in [5, 5.41) is 3.60. The van der Waals surface area contributed by atoms with E-state index in [9.17, 15) is 0 Å². The van der Waals surface area contributed by atoms with Crippen molar-refractivity contribution in [3.8, 4) is 0 Å². The molecule has 1 atom stereocenters. The van der Waals surface area contributed by atoms with Crippen molar-refractivity contribution in [1.29, 1.82) is 0 Å². The van der Waals surface area contributed by atoms with Gasteiger partial charge in [-0.25, -0.2) is 0 Å². The molecular weight excluding hydrogens is 244 g/mol. The van der Waals surface area contributed by atoms with Gasteiger partial charge in [0, 0.05) is 19.1 Å². The monoisotopic (exact) mass is 272 g/mol. The highest BCUT2D eigenvalue weighted by Crippen LogP contribution is 2.40. The van der Waals surface area contributed by atoms with Crippen molar-refractivity contribution in [2.24, 2.45) is 5.41 Å². The lowest BCUT2D eigenvalue weighted by atomic mass is 9.73. The smallest absolute Gasteiger partial charge is 0.0476 e. The molecule has 2 nitrogen and oxygen atoms in total. The Hall–Kier alpha value is -0.860. The standard InChI is InChI=1S/C18H28N2/c1-3-18(4-2)9-11-20(12-10-18)17-14-19-13-15-7-5-6-8-16(15)17/h5-8,17,19H,3-4,9-14H2,1-2H3. The molecule has 0 bridgehead atoms. The second-order valence-corrected chi connectivity index (χ2v) is 6.59. The Labute approximate surface area is 123 Å². The molecule has 110 valence electrons. The van der Waals surface area contributed by atoms with Crippen molar-refractivity contribution in [2.45, 2.75) is 52.1 Å². The quantitative estimate of drug-likeness (QED) is 0.902. The molecule has 0 spiro atoms. The molecule has 0 amide bonds. The summed E-state index contributed by atoms with van der Waals surface area (Å²) in [5.74, 6) is 0. The van der Waals surface area contributed by atoms with Crippen LogP contribution >= 0.6 is 0 Å². The Morgan fingerprint density at radius 1 is 1.15 bits per heavy atom.